The third kappa shape index (κ3) is 5.51. The lowest BCUT2D eigenvalue weighted by atomic mass is 10.0. The zero-order chi connectivity index (χ0) is 21.5. The number of urea groups is 1. The summed E-state index contributed by atoms with van der Waals surface area (Å²) >= 11 is 6.23. The summed E-state index contributed by atoms with van der Waals surface area (Å²) in [4.78, 5) is 37.8. The van der Waals surface area contributed by atoms with Gasteiger partial charge in [-0.3, -0.25) is 9.59 Å². The van der Waals surface area contributed by atoms with Gasteiger partial charge in [0.05, 0.1) is 19.6 Å². The molecule has 1 aliphatic heterocycles. The van der Waals surface area contributed by atoms with Crippen molar-refractivity contribution in [3.63, 3.8) is 0 Å². The molecular formula is C22H24ClN3O4. The molecule has 0 aromatic heterocycles. The average Bonchev–Trinajstić information content (AvgIpc) is 3.18. The van der Waals surface area contributed by atoms with Crippen molar-refractivity contribution in [1.82, 2.24) is 10.6 Å². The molecule has 1 saturated heterocycles. The zero-order valence-corrected chi connectivity index (χ0v) is 17.4. The number of carbonyl (C=O) groups is 3. The van der Waals surface area contributed by atoms with E-state index in [4.69, 9.17) is 16.3 Å². The molecule has 0 saturated carbocycles. The Bertz CT molecular complexity index is 917. The number of ether oxygens (including phenoxy) is 1. The smallest absolute Gasteiger partial charge is 0.315 e. The molecule has 2 aromatic rings. The van der Waals surface area contributed by atoms with Crippen LogP contribution in [0.5, 0.6) is 0 Å². The molecular weight excluding hydrogens is 406 g/mol. The third-order valence-corrected chi connectivity index (χ3v) is 5.30. The Kier molecular flexibility index (Phi) is 7.30. The van der Waals surface area contributed by atoms with Crippen molar-refractivity contribution in [3.05, 3.63) is 64.7 Å². The number of methoxy groups -OCH3 is 1. The van der Waals surface area contributed by atoms with Crippen LogP contribution in [0.3, 0.4) is 0 Å². The van der Waals surface area contributed by atoms with Gasteiger partial charge in [-0.25, -0.2) is 4.79 Å². The van der Waals surface area contributed by atoms with Crippen molar-refractivity contribution < 1.29 is 19.1 Å². The van der Waals surface area contributed by atoms with E-state index in [-0.39, 0.29) is 12.3 Å². The Morgan fingerprint density at radius 2 is 1.90 bits per heavy atom. The number of nitrogens with one attached hydrogen (secondary N) is 2. The highest BCUT2D eigenvalue weighted by Gasteiger charge is 2.22. The molecule has 7 nitrogen and oxygen atoms in total. The molecule has 0 radical (unpaired) electrons. The Morgan fingerprint density at radius 1 is 1.17 bits per heavy atom. The lowest BCUT2D eigenvalue weighted by Gasteiger charge is -2.20. The predicted octanol–water partition coefficient (Wildman–Crippen LogP) is 3.57. The van der Waals surface area contributed by atoms with Crippen molar-refractivity contribution >= 4 is 35.2 Å². The molecule has 8 heteroatoms. The number of carbonyl (C=O) groups excluding carboxylic acids is 3. The van der Waals surface area contributed by atoms with Crippen LogP contribution in [0.2, 0.25) is 5.02 Å². The van der Waals surface area contributed by atoms with Gasteiger partial charge < -0.3 is 20.3 Å². The van der Waals surface area contributed by atoms with Gasteiger partial charge in [-0.2, -0.15) is 0 Å². The van der Waals surface area contributed by atoms with E-state index in [1.807, 2.05) is 24.3 Å². The third-order valence-electron chi connectivity index (χ3n) is 4.96. The summed E-state index contributed by atoms with van der Waals surface area (Å²) in [5, 5.41) is 6.02. The first-order valence-electron chi connectivity index (χ1n) is 9.73. The monoisotopic (exact) mass is 429 g/mol. The Balaban J connectivity index is 1.59. The number of halogens is 1. The molecule has 0 bridgehead atoms. The fourth-order valence-electron chi connectivity index (χ4n) is 3.35. The molecule has 1 atom stereocenters. The highest BCUT2D eigenvalue weighted by Crippen LogP contribution is 2.25. The predicted molar refractivity (Wildman–Crippen MR) is 114 cm³/mol. The van der Waals surface area contributed by atoms with Gasteiger partial charge in [0.1, 0.15) is 0 Å². The maximum atomic E-state index is 12.4. The first-order valence-corrected chi connectivity index (χ1v) is 10.1. The zero-order valence-electron chi connectivity index (χ0n) is 16.7. The fraction of sp³-hybridized carbons (Fsp3) is 0.318. The van der Waals surface area contributed by atoms with E-state index in [1.165, 1.54) is 7.11 Å². The molecule has 1 aliphatic rings. The number of amides is 3. The van der Waals surface area contributed by atoms with Crippen LogP contribution < -0.4 is 15.5 Å². The van der Waals surface area contributed by atoms with Crippen molar-refractivity contribution in [2.24, 2.45) is 0 Å². The van der Waals surface area contributed by atoms with Crippen LogP contribution in [-0.2, 0) is 20.9 Å². The molecule has 30 heavy (non-hydrogen) atoms. The minimum Gasteiger partial charge on any atom is -0.469 e. The topological polar surface area (TPSA) is 87.7 Å². The fourth-order valence-corrected chi connectivity index (χ4v) is 3.62. The first-order chi connectivity index (χ1) is 14.5. The van der Waals surface area contributed by atoms with Crippen LogP contribution >= 0.6 is 11.6 Å². The van der Waals surface area contributed by atoms with Crippen LogP contribution in [0.15, 0.2) is 48.5 Å². The highest BCUT2D eigenvalue weighted by molar-refractivity contribution is 6.31. The van der Waals surface area contributed by atoms with E-state index in [9.17, 15) is 14.4 Å². The summed E-state index contributed by atoms with van der Waals surface area (Å²) in [6.07, 6.45) is 1.42. The number of hydrogen-bond acceptors (Lipinski definition) is 4. The summed E-state index contributed by atoms with van der Waals surface area (Å²) in [6, 6.07) is 13.5. The molecule has 1 heterocycles. The lowest BCUT2D eigenvalue weighted by molar-refractivity contribution is -0.141. The number of rotatable bonds is 7. The van der Waals surface area contributed by atoms with E-state index in [0.29, 0.717) is 23.6 Å². The Hall–Kier alpha value is -3.06. The van der Waals surface area contributed by atoms with Crippen LogP contribution in [-0.4, -0.2) is 31.6 Å². The minimum absolute atomic E-state index is 0.0355. The molecule has 1 fully saturated rings. The van der Waals surface area contributed by atoms with Gasteiger partial charge in [-0.1, -0.05) is 41.9 Å². The van der Waals surface area contributed by atoms with Crippen LogP contribution in [0, 0.1) is 0 Å². The SMILES string of the molecule is COC(=O)C[C@@H](NC(=O)NCc1ccc(N2CCCC2=O)cc1)c1ccccc1Cl. The van der Waals surface area contributed by atoms with Gasteiger partial charge >= 0.3 is 12.0 Å². The maximum Gasteiger partial charge on any atom is 0.315 e. The number of anilines is 1. The molecule has 3 amide bonds. The largest absolute Gasteiger partial charge is 0.469 e. The van der Waals surface area contributed by atoms with Gasteiger partial charge in [0.25, 0.3) is 0 Å². The summed E-state index contributed by atoms with van der Waals surface area (Å²) in [5.74, 6) is -0.316. The van der Waals surface area contributed by atoms with Crippen molar-refractivity contribution in [3.8, 4) is 0 Å². The van der Waals surface area contributed by atoms with Crippen molar-refractivity contribution in [2.75, 3.05) is 18.6 Å². The number of esters is 1. The highest BCUT2D eigenvalue weighted by atomic mass is 35.5. The van der Waals surface area contributed by atoms with Crippen molar-refractivity contribution in [1.29, 1.82) is 0 Å². The summed E-state index contributed by atoms with van der Waals surface area (Å²) in [6.45, 7) is 1.04. The first kappa shape index (κ1) is 21.6. The molecule has 2 N–H and O–H groups in total. The average molecular weight is 430 g/mol. The number of nitrogens with zero attached hydrogens (tertiary/aromatic N) is 1. The molecule has 0 unspecified atom stereocenters. The molecule has 2 aromatic carbocycles. The molecule has 0 spiro atoms. The molecule has 0 aliphatic carbocycles. The number of hydrogen-bond donors (Lipinski definition) is 2. The standard InChI is InChI=1S/C22H24ClN3O4/c1-30-21(28)13-19(17-5-2-3-6-18(17)23)25-22(29)24-14-15-8-10-16(11-9-15)26-12-4-7-20(26)27/h2-3,5-6,8-11,19H,4,7,12-14H2,1H3,(H2,24,25,29)/t19-/m1/s1. The van der Waals surface area contributed by atoms with Gasteiger partial charge in [0.15, 0.2) is 0 Å². The van der Waals surface area contributed by atoms with Gasteiger partial charge in [-0.05, 0) is 35.7 Å². The summed E-state index contributed by atoms with van der Waals surface area (Å²) < 4.78 is 4.73. The van der Waals surface area contributed by atoms with E-state index >= 15 is 0 Å². The van der Waals surface area contributed by atoms with Gasteiger partial charge in [0.2, 0.25) is 5.91 Å². The number of benzene rings is 2. The van der Waals surface area contributed by atoms with Crippen molar-refractivity contribution in [2.45, 2.75) is 31.8 Å². The van der Waals surface area contributed by atoms with Gasteiger partial charge in [0, 0.05) is 30.2 Å². The van der Waals surface area contributed by atoms with E-state index in [1.54, 1.807) is 29.2 Å². The summed E-state index contributed by atoms with van der Waals surface area (Å²) in [7, 11) is 1.30. The second-order valence-corrected chi connectivity index (χ2v) is 7.40. The van der Waals surface area contributed by atoms with Gasteiger partial charge in [-0.15, -0.1) is 0 Å². The second kappa shape index (κ2) is 10.1. The van der Waals surface area contributed by atoms with Crippen LogP contribution in [0.1, 0.15) is 36.4 Å². The summed E-state index contributed by atoms with van der Waals surface area (Å²) in [5.41, 5.74) is 2.39. The van der Waals surface area contributed by atoms with E-state index < -0.39 is 18.0 Å². The molecule has 3 rings (SSSR count). The van der Waals surface area contributed by atoms with Crippen LogP contribution in [0.25, 0.3) is 0 Å². The second-order valence-electron chi connectivity index (χ2n) is 7.00. The lowest BCUT2D eigenvalue weighted by Crippen LogP contribution is -2.38. The van der Waals surface area contributed by atoms with E-state index in [2.05, 4.69) is 10.6 Å². The van der Waals surface area contributed by atoms with Crippen LogP contribution in [0.4, 0.5) is 10.5 Å². The minimum atomic E-state index is -0.616. The Labute approximate surface area is 180 Å². The van der Waals surface area contributed by atoms with E-state index in [0.717, 1.165) is 24.2 Å². The quantitative estimate of drug-likeness (QED) is 0.658. The maximum absolute atomic E-state index is 12.4. The normalized spacial score (nSPS) is 14.3. The Morgan fingerprint density at radius 3 is 2.53 bits per heavy atom. The molecule has 158 valence electrons.